The molecule has 2 aromatic rings. The Hall–Kier alpha value is -2.81. The van der Waals surface area contributed by atoms with Gasteiger partial charge in [0.15, 0.2) is 5.16 Å². The number of anilines is 2. The number of thioether (sulfide) groups is 1. The Kier molecular flexibility index (Phi) is 7.00. The highest BCUT2D eigenvalue weighted by atomic mass is 32.2. The van der Waals surface area contributed by atoms with E-state index in [-0.39, 0.29) is 30.2 Å². The molecule has 0 saturated carbocycles. The van der Waals surface area contributed by atoms with Gasteiger partial charge in [-0.1, -0.05) is 11.8 Å². The summed E-state index contributed by atoms with van der Waals surface area (Å²) in [4.78, 5) is 42.7. The van der Waals surface area contributed by atoms with E-state index >= 15 is 0 Å². The van der Waals surface area contributed by atoms with Crippen molar-refractivity contribution >= 4 is 35.0 Å². The number of aromatic nitrogens is 2. The summed E-state index contributed by atoms with van der Waals surface area (Å²) < 4.78 is 5.24. The summed E-state index contributed by atoms with van der Waals surface area (Å²) in [6.45, 7) is 3.15. The molecule has 0 spiro atoms. The molecule has 1 aromatic carbocycles. The van der Waals surface area contributed by atoms with Crippen molar-refractivity contribution < 1.29 is 14.3 Å². The maximum absolute atomic E-state index is 12.3. The molecule has 0 radical (unpaired) electrons. The van der Waals surface area contributed by atoms with Crippen molar-refractivity contribution in [2.75, 3.05) is 24.0 Å². The van der Waals surface area contributed by atoms with Crippen molar-refractivity contribution in [3.05, 3.63) is 39.8 Å². The summed E-state index contributed by atoms with van der Waals surface area (Å²) in [7, 11) is 1.49. The monoisotopic (exact) mass is 390 g/mol. The molecular weight excluding hydrogens is 368 g/mol. The van der Waals surface area contributed by atoms with Crippen molar-refractivity contribution in [2.45, 2.75) is 31.8 Å². The number of benzene rings is 1. The van der Waals surface area contributed by atoms with Gasteiger partial charge in [0.1, 0.15) is 5.75 Å². The largest absolute Gasteiger partial charge is 0.495 e. The number of amides is 2. The average Bonchev–Trinajstić information content (AvgIpc) is 2.60. The summed E-state index contributed by atoms with van der Waals surface area (Å²) in [6, 6.07) is 4.95. The number of hydrogen-bond donors (Lipinski definition) is 3. The molecule has 9 heteroatoms. The van der Waals surface area contributed by atoms with Gasteiger partial charge in [0, 0.05) is 30.3 Å². The molecule has 8 nitrogen and oxygen atoms in total. The van der Waals surface area contributed by atoms with E-state index in [2.05, 4.69) is 20.6 Å². The molecule has 3 N–H and O–H groups in total. The number of methoxy groups -OCH3 is 1. The van der Waals surface area contributed by atoms with Crippen LogP contribution in [-0.4, -0.2) is 35.1 Å². The van der Waals surface area contributed by atoms with Crippen LogP contribution in [0.25, 0.3) is 0 Å². The van der Waals surface area contributed by atoms with Gasteiger partial charge < -0.3 is 20.4 Å². The van der Waals surface area contributed by atoms with Gasteiger partial charge in [0.25, 0.3) is 5.56 Å². The number of rotatable bonds is 7. The van der Waals surface area contributed by atoms with Gasteiger partial charge in [0.2, 0.25) is 11.8 Å². The molecule has 2 amide bonds. The third-order valence-corrected chi connectivity index (χ3v) is 4.37. The zero-order chi connectivity index (χ0) is 20.0. The SMILES string of the molecule is COc1ccc(NC(C)=O)cc1NC(=O)CCc1c(C)nc(SC)[nH]c1=O. The average molecular weight is 390 g/mol. The Labute approximate surface area is 161 Å². The number of nitrogens with zero attached hydrogens (tertiary/aromatic N) is 1. The molecule has 0 saturated heterocycles. The molecule has 0 fully saturated rings. The fraction of sp³-hybridized carbons (Fsp3) is 0.333. The fourth-order valence-electron chi connectivity index (χ4n) is 2.51. The molecule has 1 heterocycles. The number of H-pyrrole nitrogens is 1. The van der Waals surface area contributed by atoms with Crippen LogP contribution in [0.4, 0.5) is 11.4 Å². The summed E-state index contributed by atoms with van der Waals surface area (Å²) >= 11 is 1.35. The van der Waals surface area contributed by atoms with E-state index in [0.717, 1.165) is 0 Å². The van der Waals surface area contributed by atoms with Gasteiger partial charge in [-0.15, -0.1) is 0 Å². The van der Waals surface area contributed by atoms with Gasteiger partial charge in [-0.25, -0.2) is 4.98 Å². The summed E-state index contributed by atoms with van der Waals surface area (Å²) in [5.74, 6) is -0.0215. The molecule has 1 aromatic heterocycles. The van der Waals surface area contributed by atoms with Crippen LogP contribution in [-0.2, 0) is 16.0 Å². The minimum absolute atomic E-state index is 0.109. The predicted molar refractivity (Wildman–Crippen MR) is 106 cm³/mol. The first kappa shape index (κ1) is 20.5. The van der Waals surface area contributed by atoms with Crippen LogP contribution in [0, 0.1) is 6.92 Å². The summed E-state index contributed by atoms with van der Waals surface area (Å²) in [5.41, 5.74) is 1.85. The Morgan fingerprint density at radius 2 is 2.04 bits per heavy atom. The second-order valence-electron chi connectivity index (χ2n) is 5.78. The van der Waals surface area contributed by atoms with Crippen LogP contribution in [0.2, 0.25) is 0 Å². The van der Waals surface area contributed by atoms with Crippen LogP contribution >= 0.6 is 11.8 Å². The van der Waals surface area contributed by atoms with Crippen LogP contribution < -0.4 is 20.9 Å². The Bertz CT molecular complexity index is 911. The highest BCUT2D eigenvalue weighted by Gasteiger charge is 2.13. The van der Waals surface area contributed by atoms with Crippen molar-refractivity contribution in [3.63, 3.8) is 0 Å². The minimum Gasteiger partial charge on any atom is -0.495 e. The van der Waals surface area contributed by atoms with Gasteiger partial charge >= 0.3 is 0 Å². The van der Waals surface area contributed by atoms with Gasteiger partial charge in [0.05, 0.1) is 12.8 Å². The number of carbonyl (C=O) groups is 2. The molecule has 144 valence electrons. The third kappa shape index (κ3) is 5.58. The highest BCUT2D eigenvalue weighted by Crippen LogP contribution is 2.28. The number of aryl methyl sites for hydroxylation is 1. The lowest BCUT2D eigenvalue weighted by molar-refractivity contribution is -0.116. The first-order chi connectivity index (χ1) is 12.8. The number of carbonyl (C=O) groups excluding carboxylic acids is 2. The Balaban J connectivity index is 2.10. The maximum Gasteiger partial charge on any atom is 0.254 e. The maximum atomic E-state index is 12.3. The molecule has 27 heavy (non-hydrogen) atoms. The standard InChI is InChI=1S/C18H22N4O4S/c1-10-13(17(25)22-18(19-10)27-4)6-8-16(24)21-14-9-12(20-11(2)23)5-7-15(14)26-3/h5,7,9H,6,8H2,1-4H3,(H,20,23)(H,21,24)(H,19,22,25). The molecule has 0 atom stereocenters. The highest BCUT2D eigenvalue weighted by molar-refractivity contribution is 7.98. The van der Waals surface area contributed by atoms with E-state index in [1.165, 1.54) is 25.8 Å². The lowest BCUT2D eigenvalue weighted by Gasteiger charge is -2.12. The van der Waals surface area contributed by atoms with Crippen LogP contribution in [0.3, 0.4) is 0 Å². The lowest BCUT2D eigenvalue weighted by atomic mass is 10.1. The molecular formula is C18H22N4O4S. The second-order valence-corrected chi connectivity index (χ2v) is 6.58. The number of hydrogen-bond acceptors (Lipinski definition) is 6. The molecule has 0 aliphatic carbocycles. The van der Waals surface area contributed by atoms with Crippen LogP contribution in [0.5, 0.6) is 5.75 Å². The van der Waals surface area contributed by atoms with Crippen molar-refractivity contribution in [2.24, 2.45) is 0 Å². The summed E-state index contributed by atoms with van der Waals surface area (Å²) in [5, 5.41) is 5.95. The van der Waals surface area contributed by atoms with E-state index < -0.39 is 0 Å². The quantitative estimate of drug-likeness (QED) is 0.494. The van der Waals surface area contributed by atoms with E-state index in [4.69, 9.17) is 4.74 Å². The van der Waals surface area contributed by atoms with E-state index in [1.807, 2.05) is 6.26 Å². The van der Waals surface area contributed by atoms with E-state index in [1.54, 1.807) is 25.1 Å². The zero-order valence-electron chi connectivity index (χ0n) is 15.6. The van der Waals surface area contributed by atoms with Crippen molar-refractivity contribution in [1.29, 1.82) is 0 Å². The van der Waals surface area contributed by atoms with Crippen LogP contribution in [0.1, 0.15) is 24.6 Å². The second kappa shape index (κ2) is 9.22. The minimum atomic E-state index is -0.277. The first-order valence-corrected chi connectivity index (χ1v) is 9.45. The Morgan fingerprint density at radius 3 is 2.63 bits per heavy atom. The van der Waals surface area contributed by atoms with Gasteiger partial charge in [-0.2, -0.15) is 0 Å². The number of ether oxygens (including phenoxy) is 1. The smallest absolute Gasteiger partial charge is 0.254 e. The molecule has 0 bridgehead atoms. The Morgan fingerprint density at radius 1 is 1.30 bits per heavy atom. The van der Waals surface area contributed by atoms with Gasteiger partial charge in [-0.05, 0) is 37.8 Å². The topological polar surface area (TPSA) is 113 Å². The first-order valence-electron chi connectivity index (χ1n) is 8.23. The number of nitrogens with one attached hydrogen (secondary N) is 3. The lowest BCUT2D eigenvalue weighted by Crippen LogP contribution is -2.20. The van der Waals surface area contributed by atoms with E-state index in [9.17, 15) is 14.4 Å². The fourth-order valence-corrected chi connectivity index (χ4v) is 2.94. The third-order valence-electron chi connectivity index (χ3n) is 3.79. The van der Waals surface area contributed by atoms with E-state index in [0.29, 0.717) is 33.5 Å². The van der Waals surface area contributed by atoms with Crippen molar-refractivity contribution in [3.8, 4) is 5.75 Å². The molecule has 0 unspecified atom stereocenters. The molecule has 0 aliphatic heterocycles. The summed E-state index contributed by atoms with van der Waals surface area (Å²) in [6.07, 6.45) is 2.20. The molecule has 0 aliphatic rings. The van der Waals surface area contributed by atoms with Crippen LogP contribution in [0.15, 0.2) is 28.2 Å². The number of aromatic amines is 1. The molecule has 2 rings (SSSR count). The zero-order valence-corrected chi connectivity index (χ0v) is 16.5. The normalized spacial score (nSPS) is 10.4. The van der Waals surface area contributed by atoms with Gasteiger partial charge in [-0.3, -0.25) is 14.4 Å². The predicted octanol–water partition coefficient (Wildman–Crippen LogP) is 2.34. The van der Waals surface area contributed by atoms with Crippen molar-refractivity contribution in [1.82, 2.24) is 9.97 Å².